The average Bonchev–Trinajstić information content (AvgIpc) is 2.82. The standard InChI is InChI=1S/C24H21F3O5/c1-29-19-10-4-16(5-11-19)23(32-22(28)24(25,26)27,17-6-12-20(30-2)13-7-17)18-8-14-21(31-3)15-9-18/h4-15H,1-3H3. The molecule has 168 valence electrons. The van der Waals surface area contributed by atoms with Crippen LogP contribution in [-0.4, -0.2) is 33.5 Å². The molecule has 32 heavy (non-hydrogen) atoms. The Bertz CT molecular complexity index is 927. The fourth-order valence-corrected chi connectivity index (χ4v) is 3.35. The molecule has 0 fully saturated rings. The molecule has 0 bridgehead atoms. The first kappa shape index (κ1) is 23.0. The minimum atomic E-state index is -5.20. The van der Waals surface area contributed by atoms with Crippen LogP contribution in [0.1, 0.15) is 16.7 Å². The molecule has 5 nitrogen and oxygen atoms in total. The maximum atomic E-state index is 13.3. The zero-order chi connectivity index (χ0) is 23.4. The molecule has 0 unspecified atom stereocenters. The fourth-order valence-electron chi connectivity index (χ4n) is 3.35. The molecule has 0 spiro atoms. The number of esters is 1. The lowest BCUT2D eigenvalue weighted by atomic mass is 9.80. The zero-order valence-electron chi connectivity index (χ0n) is 17.6. The van der Waals surface area contributed by atoms with Gasteiger partial charge in [-0.3, -0.25) is 0 Å². The quantitative estimate of drug-likeness (QED) is 0.373. The van der Waals surface area contributed by atoms with E-state index in [1.54, 1.807) is 72.8 Å². The summed E-state index contributed by atoms with van der Waals surface area (Å²) in [4.78, 5) is 12.1. The van der Waals surface area contributed by atoms with Gasteiger partial charge in [0, 0.05) is 16.7 Å². The molecule has 3 rings (SSSR count). The third-order valence-electron chi connectivity index (χ3n) is 4.97. The van der Waals surface area contributed by atoms with Crippen molar-refractivity contribution in [1.29, 1.82) is 0 Å². The number of ether oxygens (including phenoxy) is 4. The van der Waals surface area contributed by atoms with E-state index in [1.165, 1.54) is 21.3 Å². The fraction of sp³-hybridized carbons (Fsp3) is 0.208. The number of carbonyl (C=O) groups is 1. The third kappa shape index (κ3) is 4.49. The molecule has 0 atom stereocenters. The van der Waals surface area contributed by atoms with Crippen LogP contribution in [0.3, 0.4) is 0 Å². The smallest absolute Gasteiger partial charge is 0.490 e. The molecule has 3 aromatic rings. The van der Waals surface area contributed by atoms with Crippen molar-refractivity contribution in [2.24, 2.45) is 0 Å². The molecule has 0 saturated carbocycles. The van der Waals surface area contributed by atoms with Crippen molar-refractivity contribution >= 4 is 5.97 Å². The first-order chi connectivity index (χ1) is 15.2. The minimum Gasteiger partial charge on any atom is -0.497 e. The normalized spacial score (nSPS) is 11.6. The van der Waals surface area contributed by atoms with Gasteiger partial charge in [-0.2, -0.15) is 13.2 Å². The summed E-state index contributed by atoms with van der Waals surface area (Å²) in [5.41, 5.74) is -1.01. The van der Waals surface area contributed by atoms with Gasteiger partial charge in [0.25, 0.3) is 0 Å². The molecule has 3 aromatic carbocycles. The van der Waals surface area contributed by atoms with E-state index in [9.17, 15) is 18.0 Å². The Labute approximate surface area is 183 Å². The Kier molecular flexibility index (Phi) is 6.62. The number of hydrogen-bond donors (Lipinski definition) is 0. The molecule has 0 radical (unpaired) electrons. The molecule has 0 aliphatic rings. The topological polar surface area (TPSA) is 54.0 Å². The number of carbonyl (C=O) groups excluding carboxylic acids is 1. The number of benzene rings is 3. The predicted molar refractivity (Wildman–Crippen MR) is 111 cm³/mol. The third-order valence-corrected chi connectivity index (χ3v) is 4.97. The zero-order valence-corrected chi connectivity index (χ0v) is 17.6. The van der Waals surface area contributed by atoms with Crippen LogP contribution in [0.25, 0.3) is 0 Å². The van der Waals surface area contributed by atoms with Gasteiger partial charge in [0.15, 0.2) is 5.60 Å². The van der Waals surface area contributed by atoms with Gasteiger partial charge in [0.05, 0.1) is 21.3 Å². The average molecular weight is 446 g/mol. The van der Waals surface area contributed by atoms with E-state index in [2.05, 4.69) is 0 Å². The highest BCUT2D eigenvalue weighted by atomic mass is 19.4. The summed E-state index contributed by atoms with van der Waals surface area (Å²) < 4.78 is 60.8. The Hall–Kier alpha value is -3.68. The van der Waals surface area contributed by atoms with Crippen LogP contribution in [0.2, 0.25) is 0 Å². The van der Waals surface area contributed by atoms with Crippen LogP contribution >= 0.6 is 0 Å². The molecule has 0 amide bonds. The van der Waals surface area contributed by atoms with Crippen molar-refractivity contribution < 1.29 is 36.9 Å². The van der Waals surface area contributed by atoms with E-state index in [0.717, 1.165) is 0 Å². The van der Waals surface area contributed by atoms with E-state index in [1.807, 2.05) is 0 Å². The van der Waals surface area contributed by atoms with Crippen molar-refractivity contribution in [3.05, 3.63) is 89.5 Å². The lowest BCUT2D eigenvalue weighted by molar-refractivity contribution is -0.209. The van der Waals surface area contributed by atoms with Gasteiger partial charge in [0.1, 0.15) is 17.2 Å². The number of halogens is 3. The first-order valence-corrected chi connectivity index (χ1v) is 9.48. The molecule has 0 aliphatic carbocycles. The molecule has 0 saturated heterocycles. The van der Waals surface area contributed by atoms with Gasteiger partial charge >= 0.3 is 12.1 Å². The van der Waals surface area contributed by atoms with Crippen molar-refractivity contribution in [2.75, 3.05) is 21.3 Å². The van der Waals surface area contributed by atoms with Crippen molar-refractivity contribution in [1.82, 2.24) is 0 Å². The largest absolute Gasteiger partial charge is 0.497 e. The Balaban J connectivity index is 2.31. The van der Waals surface area contributed by atoms with Gasteiger partial charge in [-0.05, 0) is 36.4 Å². The summed E-state index contributed by atoms with van der Waals surface area (Å²) in [5, 5.41) is 0. The summed E-state index contributed by atoms with van der Waals surface area (Å²) in [5.74, 6) is -0.835. The van der Waals surface area contributed by atoms with Gasteiger partial charge in [-0.15, -0.1) is 0 Å². The molecular formula is C24H21F3O5. The van der Waals surface area contributed by atoms with Gasteiger partial charge < -0.3 is 18.9 Å². The molecule has 0 aromatic heterocycles. The lowest BCUT2D eigenvalue weighted by Gasteiger charge is -2.35. The summed E-state index contributed by atoms with van der Waals surface area (Å²) in [6, 6.07) is 18.8. The van der Waals surface area contributed by atoms with Crippen LogP contribution < -0.4 is 14.2 Å². The first-order valence-electron chi connectivity index (χ1n) is 9.48. The molecule has 0 aliphatic heterocycles. The number of rotatable bonds is 7. The van der Waals surface area contributed by atoms with Gasteiger partial charge in [-0.25, -0.2) is 4.79 Å². The predicted octanol–water partition coefficient (Wildman–Crippen LogP) is 5.11. The molecule has 0 heterocycles. The summed E-state index contributed by atoms with van der Waals surface area (Å²) in [6.45, 7) is 0. The summed E-state index contributed by atoms with van der Waals surface area (Å²) >= 11 is 0. The Morgan fingerprint density at radius 3 is 1.09 bits per heavy atom. The van der Waals surface area contributed by atoms with Crippen LogP contribution in [0.4, 0.5) is 13.2 Å². The second-order valence-corrected chi connectivity index (χ2v) is 6.75. The van der Waals surface area contributed by atoms with E-state index in [0.29, 0.717) is 33.9 Å². The van der Waals surface area contributed by atoms with Gasteiger partial charge in [-0.1, -0.05) is 36.4 Å². The van der Waals surface area contributed by atoms with Crippen LogP contribution in [-0.2, 0) is 15.1 Å². The molecule has 8 heteroatoms. The van der Waals surface area contributed by atoms with E-state index in [4.69, 9.17) is 18.9 Å². The van der Waals surface area contributed by atoms with Crippen molar-refractivity contribution in [3.63, 3.8) is 0 Å². The van der Waals surface area contributed by atoms with E-state index >= 15 is 0 Å². The van der Waals surface area contributed by atoms with E-state index < -0.39 is 17.7 Å². The number of hydrogen-bond acceptors (Lipinski definition) is 5. The monoisotopic (exact) mass is 446 g/mol. The second kappa shape index (κ2) is 9.21. The van der Waals surface area contributed by atoms with Crippen LogP contribution in [0.5, 0.6) is 17.2 Å². The SMILES string of the molecule is COc1ccc(C(OC(=O)C(F)(F)F)(c2ccc(OC)cc2)c2ccc(OC)cc2)cc1. The van der Waals surface area contributed by atoms with Crippen molar-refractivity contribution in [2.45, 2.75) is 11.8 Å². The van der Waals surface area contributed by atoms with Crippen LogP contribution in [0, 0.1) is 0 Å². The maximum Gasteiger partial charge on any atom is 0.490 e. The maximum absolute atomic E-state index is 13.3. The Morgan fingerprint density at radius 1 is 0.594 bits per heavy atom. The summed E-state index contributed by atoms with van der Waals surface area (Å²) in [7, 11) is 4.41. The minimum absolute atomic E-state index is 0.297. The Morgan fingerprint density at radius 2 is 0.875 bits per heavy atom. The highest BCUT2D eigenvalue weighted by molar-refractivity contribution is 5.77. The molecular weight excluding hydrogens is 425 g/mol. The molecule has 0 N–H and O–H groups in total. The highest BCUT2D eigenvalue weighted by Gasteiger charge is 2.49. The lowest BCUT2D eigenvalue weighted by Crippen LogP contribution is -2.40. The number of alkyl halides is 3. The summed E-state index contributed by atoms with van der Waals surface area (Å²) in [6.07, 6.45) is -5.20. The van der Waals surface area contributed by atoms with Crippen molar-refractivity contribution in [3.8, 4) is 17.2 Å². The van der Waals surface area contributed by atoms with Gasteiger partial charge in [0.2, 0.25) is 0 Å². The van der Waals surface area contributed by atoms with Crippen LogP contribution in [0.15, 0.2) is 72.8 Å². The van der Waals surface area contributed by atoms with E-state index in [-0.39, 0.29) is 0 Å². The highest BCUT2D eigenvalue weighted by Crippen LogP contribution is 2.43. The number of methoxy groups -OCH3 is 3. The second-order valence-electron chi connectivity index (χ2n) is 6.75.